The zero-order valence-electron chi connectivity index (χ0n) is 9.95. The van der Waals surface area contributed by atoms with Crippen molar-refractivity contribution in [1.82, 2.24) is 14.6 Å². The Morgan fingerprint density at radius 2 is 1.95 bits per heavy atom. The molecule has 96 valence electrons. The summed E-state index contributed by atoms with van der Waals surface area (Å²) >= 11 is 7.61. The van der Waals surface area contributed by atoms with Gasteiger partial charge in [0.2, 0.25) is 5.16 Å². The van der Waals surface area contributed by atoms with E-state index in [1.807, 2.05) is 18.2 Å². The van der Waals surface area contributed by atoms with Crippen molar-refractivity contribution in [3.8, 4) is 0 Å². The lowest BCUT2D eigenvalue weighted by molar-refractivity contribution is 0.888. The Morgan fingerprint density at radius 1 is 1.16 bits per heavy atom. The highest BCUT2D eigenvalue weighted by atomic mass is 35.5. The summed E-state index contributed by atoms with van der Waals surface area (Å²) in [5.74, 6) is 0.815. The molecule has 0 radical (unpaired) electrons. The van der Waals surface area contributed by atoms with Crippen molar-refractivity contribution in [3.05, 3.63) is 53.2 Å². The van der Waals surface area contributed by atoms with E-state index in [4.69, 9.17) is 17.3 Å². The maximum absolute atomic E-state index is 6.06. The first kappa shape index (κ1) is 12.3. The van der Waals surface area contributed by atoms with Crippen molar-refractivity contribution in [2.45, 2.75) is 10.9 Å². The van der Waals surface area contributed by atoms with Crippen molar-refractivity contribution in [1.29, 1.82) is 0 Å². The molecule has 19 heavy (non-hydrogen) atoms. The highest BCUT2D eigenvalue weighted by Crippen LogP contribution is 2.24. The first-order chi connectivity index (χ1) is 9.24. The fourth-order valence-corrected chi connectivity index (χ4v) is 2.68. The summed E-state index contributed by atoms with van der Waals surface area (Å²) in [5.41, 5.74) is 8.25. The second kappa shape index (κ2) is 5.11. The number of aromatic nitrogens is 3. The first-order valence-electron chi connectivity index (χ1n) is 5.71. The largest absolute Gasteiger partial charge is 0.396 e. The summed E-state index contributed by atoms with van der Waals surface area (Å²) in [5, 5.41) is 5.52. The van der Waals surface area contributed by atoms with Gasteiger partial charge in [0.25, 0.3) is 0 Å². The van der Waals surface area contributed by atoms with Crippen LogP contribution in [0, 0.1) is 0 Å². The molecule has 6 heteroatoms. The minimum absolute atomic E-state index is 0.503. The molecule has 0 amide bonds. The van der Waals surface area contributed by atoms with E-state index < -0.39 is 0 Å². The summed E-state index contributed by atoms with van der Waals surface area (Å²) < 4.78 is 1.56. The van der Waals surface area contributed by atoms with E-state index in [1.165, 1.54) is 5.56 Å². The molecule has 0 bridgehead atoms. The molecule has 2 N–H and O–H groups in total. The molecular weight excluding hydrogens is 280 g/mol. The molecule has 3 rings (SSSR count). The summed E-state index contributed by atoms with van der Waals surface area (Å²) in [6, 6.07) is 13.6. The van der Waals surface area contributed by atoms with Crippen LogP contribution in [0.1, 0.15) is 5.56 Å². The predicted octanol–water partition coefficient (Wildman–Crippen LogP) is 3.26. The number of nitrogen functional groups attached to an aromatic ring is 1. The molecule has 4 nitrogen and oxygen atoms in total. The van der Waals surface area contributed by atoms with E-state index in [0.717, 1.165) is 5.75 Å². The number of hydrogen-bond acceptors (Lipinski definition) is 4. The number of rotatable bonds is 3. The van der Waals surface area contributed by atoms with Gasteiger partial charge in [0.05, 0.1) is 5.69 Å². The van der Waals surface area contributed by atoms with Crippen LogP contribution in [0.25, 0.3) is 5.65 Å². The molecular formula is C13H11ClN4S. The number of hydrogen-bond donors (Lipinski definition) is 1. The normalized spacial score (nSPS) is 11.0. The quantitative estimate of drug-likeness (QED) is 0.594. The van der Waals surface area contributed by atoms with Crippen LogP contribution in [0.5, 0.6) is 0 Å². The van der Waals surface area contributed by atoms with Crippen LogP contribution < -0.4 is 5.73 Å². The number of fused-ring (bicyclic) bond motifs is 1. The number of nitrogens with zero attached hydrogens (tertiary/aromatic N) is 3. The number of nitrogens with two attached hydrogens (primary N) is 1. The molecule has 0 aliphatic rings. The third kappa shape index (κ3) is 2.52. The van der Waals surface area contributed by atoms with Gasteiger partial charge in [0, 0.05) is 5.75 Å². The summed E-state index contributed by atoms with van der Waals surface area (Å²) in [4.78, 5) is 4.39. The molecule has 2 aromatic heterocycles. The summed E-state index contributed by atoms with van der Waals surface area (Å²) in [6.07, 6.45) is 0. The first-order valence-corrected chi connectivity index (χ1v) is 7.08. The van der Waals surface area contributed by atoms with Crippen molar-refractivity contribution in [2.75, 3.05) is 5.73 Å². The van der Waals surface area contributed by atoms with Crippen LogP contribution in [0.3, 0.4) is 0 Å². The van der Waals surface area contributed by atoms with Crippen LogP contribution in [-0.4, -0.2) is 14.6 Å². The van der Waals surface area contributed by atoms with Crippen molar-refractivity contribution in [2.24, 2.45) is 0 Å². The van der Waals surface area contributed by atoms with Gasteiger partial charge in [-0.15, -0.1) is 5.10 Å². The molecule has 0 aliphatic heterocycles. The minimum Gasteiger partial charge on any atom is -0.396 e. The average Bonchev–Trinajstić information content (AvgIpc) is 2.87. The van der Waals surface area contributed by atoms with Crippen molar-refractivity contribution in [3.63, 3.8) is 0 Å². The fourth-order valence-electron chi connectivity index (χ4n) is 1.72. The second-order valence-electron chi connectivity index (χ2n) is 4.02. The molecule has 0 fully saturated rings. The topological polar surface area (TPSA) is 56.2 Å². The van der Waals surface area contributed by atoms with Gasteiger partial charge >= 0.3 is 0 Å². The van der Waals surface area contributed by atoms with Crippen LogP contribution in [0.4, 0.5) is 5.69 Å². The molecule has 0 spiro atoms. The Kier molecular flexibility index (Phi) is 3.31. The number of benzene rings is 1. The molecule has 0 unspecified atom stereocenters. The number of pyridine rings is 1. The lowest BCUT2D eigenvalue weighted by atomic mass is 10.2. The van der Waals surface area contributed by atoms with Gasteiger partial charge in [-0.25, -0.2) is 0 Å². The van der Waals surface area contributed by atoms with Crippen LogP contribution in [0.15, 0.2) is 47.6 Å². The van der Waals surface area contributed by atoms with E-state index in [1.54, 1.807) is 28.4 Å². The predicted molar refractivity (Wildman–Crippen MR) is 78.4 cm³/mol. The van der Waals surface area contributed by atoms with Gasteiger partial charge in [-0.2, -0.15) is 9.50 Å². The average molecular weight is 291 g/mol. The number of anilines is 1. The molecule has 0 saturated carbocycles. The Balaban J connectivity index is 1.86. The lowest BCUT2D eigenvalue weighted by Crippen LogP contribution is -1.94. The summed E-state index contributed by atoms with van der Waals surface area (Å²) in [6.45, 7) is 0. The Morgan fingerprint density at radius 3 is 2.68 bits per heavy atom. The molecule has 0 saturated heterocycles. The van der Waals surface area contributed by atoms with E-state index in [2.05, 4.69) is 22.2 Å². The summed E-state index contributed by atoms with van der Waals surface area (Å²) in [7, 11) is 0. The second-order valence-corrected chi connectivity index (χ2v) is 5.35. The smallest absolute Gasteiger partial charge is 0.209 e. The number of halogens is 1. The third-order valence-electron chi connectivity index (χ3n) is 2.66. The Hall–Kier alpha value is -1.72. The lowest BCUT2D eigenvalue weighted by Gasteiger charge is -1.97. The molecule has 0 atom stereocenters. The zero-order chi connectivity index (χ0) is 13.2. The van der Waals surface area contributed by atoms with E-state index in [0.29, 0.717) is 21.6 Å². The standard InChI is InChI=1S/C13H11ClN4S/c14-11-7-6-10(15)12-16-13(17-18(11)12)19-8-9-4-2-1-3-5-9/h1-7H,8,15H2. The molecule has 3 aromatic rings. The van der Waals surface area contributed by atoms with Crippen molar-refractivity contribution >= 4 is 34.7 Å². The highest BCUT2D eigenvalue weighted by molar-refractivity contribution is 7.98. The van der Waals surface area contributed by atoms with Gasteiger partial charge < -0.3 is 5.73 Å². The minimum atomic E-state index is 0.503. The molecule has 1 aromatic carbocycles. The SMILES string of the molecule is Nc1ccc(Cl)n2nc(SCc3ccccc3)nc12. The van der Waals surface area contributed by atoms with Crippen molar-refractivity contribution < 1.29 is 0 Å². The maximum Gasteiger partial charge on any atom is 0.209 e. The highest BCUT2D eigenvalue weighted by Gasteiger charge is 2.09. The van der Waals surface area contributed by atoms with Gasteiger partial charge in [-0.3, -0.25) is 0 Å². The third-order valence-corrected chi connectivity index (χ3v) is 3.85. The zero-order valence-corrected chi connectivity index (χ0v) is 11.5. The number of thioether (sulfide) groups is 1. The monoisotopic (exact) mass is 290 g/mol. The van der Waals surface area contributed by atoms with Gasteiger partial charge in [-0.05, 0) is 17.7 Å². The van der Waals surface area contributed by atoms with Crippen LogP contribution >= 0.6 is 23.4 Å². The van der Waals surface area contributed by atoms with E-state index in [-0.39, 0.29) is 0 Å². The van der Waals surface area contributed by atoms with Gasteiger partial charge in [-0.1, -0.05) is 53.7 Å². The molecule has 0 aliphatic carbocycles. The van der Waals surface area contributed by atoms with E-state index >= 15 is 0 Å². The van der Waals surface area contributed by atoms with Gasteiger partial charge in [0.1, 0.15) is 5.15 Å². The Labute approximate surface area is 119 Å². The fraction of sp³-hybridized carbons (Fsp3) is 0.0769. The van der Waals surface area contributed by atoms with E-state index in [9.17, 15) is 0 Å². The van der Waals surface area contributed by atoms with Crippen LogP contribution in [-0.2, 0) is 5.75 Å². The Bertz CT molecular complexity index is 672. The molecule has 2 heterocycles. The van der Waals surface area contributed by atoms with Crippen LogP contribution in [0.2, 0.25) is 5.15 Å². The van der Waals surface area contributed by atoms with Gasteiger partial charge in [0.15, 0.2) is 5.65 Å². The maximum atomic E-state index is 6.06.